The van der Waals surface area contributed by atoms with Gasteiger partial charge in [-0.05, 0) is 17.7 Å². The highest BCUT2D eigenvalue weighted by molar-refractivity contribution is 5.70. The van der Waals surface area contributed by atoms with Crippen LogP contribution in [0.1, 0.15) is 5.56 Å². The summed E-state index contributed by atoms with van der Waals surface area (Å²) in [5.74, 6) is -1.04. The molecule has 0 aromatic carbocycles. The van der Waals surface area contributed by atoms with Gasteiger partial charge >= 0.3 is 5.97 Å². The lowest BCUT2D eigenvalue weighted by molar-refractivity contribution is -0.142. The summed E-state index contributed by atoms with van der Waals surface area (Å²) in [6.45, 7) is 3.67. The number of aliphatic carboxylic acids is 1. The predicted molar refractivity (Wildman–Crippen MR) is 63.5 cm³/mol. The third-order valence-corrected chi connectivity index (χ3v) is 2.98. The number of hydrogen-bond donors (Lipinski definition) is 2. The Kier molecular flexibility index (Phi) is 4.06. The van der Waals surface area contributed by atoms with Crippen molar-refractivity contribution in [3.63, 3.8) is 0 Å². The molecule has 0 bridgehead atoms. The van der Waals surface area contributed by atoms with E-state index in [2.05, 4.69) is 15.2 Å². The zero-order valence-corrected chi connectivity index (χ0v) is 9.67. The average molecular weight is 235 g/mol. The molecule has 17 heavy (non-hydrogen) atoms. The fraction of sp³-hybridized carbons (Fsp3) is 0.500. The molecule has 0 spiro atoms. The van der Waals surface area contributed by atoms with Crippen molar-refractivity contribution >= 4 is 5.97 Å². The van der Waals surface area contributed by atoms with Crippen molar-refractivity contribution in [1.29, 1.82) is 0 Å². The first-order chi connectivity index (χ1) is 8.25. The number of nitrogens with one attached hydrogen (secondary N) is 1. The van der Waals surface area contributed by atoms with Gasteiger partial charge < -0.3 is 10.4 Å². The number of carbonyl (C=O) groups is 1. The van der Waals surface area contributed by atoms with E-state index in [-0.39, 0.29) is 5.92 Å². The van der Waals surface area contributed by atoms with Crippen molar-refractivity contribution in [2.45, 2.75) is 6.54 Å². The summed E-state index contributed by atoms with van der Waals surface area (Å²) in [4.78, 5) is 17.2. The minimum absolute atomic E-state index is 0.320. The molecule has 2 heterocycles. The first kappa shape index (κ1) is 12.0. The minimum Gasteiger partial charge on any atom is -0.481 e. The van der Waals surface area contributed by atoms with Crippen LogP contribution in [0, 0.1) is 5.92 Å². The first-order valence-corrected chi connectivity index (χ1v) is 5.80. The number of pyridine rings is 1. The molecular weight excluding hydrogens is 218 g/mol. The van der Waals surface area contributed by atoms with Crippen molar-refractivity contribution in [2.75, 3.05) is 26.2 Å². The van der Waals surface area contributed by atoms with Crippen molar-refractivity contribution in [2.24, 2.45) is 5.92 Å². The third kappa shape index (κ3) is 3.51. The average Bonchev–Trinajstić information content (AvgIpc) is 2.56. The van der Waals surface area contributed by atoms with Crippen LogP contribution in [0.25, 0.3) is 0 Å². The molecule has 0 amide bonds. The van der Waals surface area contributed by atoms with E-state index in [1.54, 1.807) is 12.4 Å². The zero-order chi connectivity index (χ0) is 12.1. The van der Waals surface area contributed by atoms with Crippen LogP contribution in [-0.4, -0.2) is 47.1 Å². The van der Waals surface area contributed by atoms with Crippen molar-refractivity contribution in [3.05, 3.63) is 30.1 Å². The molecule has 1 atom stereocenters. The molecule has 0 radical (unpaired) electrons. The van der Waals surface area contributed by atoms with E-state index in [0.29, 0.717) is 13.1 Å². The van der Waals surface area contributed by atoms with Gasteiger partial charge in [-0.25, -0.2) is 0 Å². The number of hydrogen-bond acceptors (Lipinski definition) is 4. The lowest BCUT2D eigenvalue weighted by Crippen LogP contribution is -2.33. The summed E-state index contributed by atoms with van der Waals surface area (Å²) in [5, 5.41) is 12.2. The van der Waals surface area contributed by atoms with E-state index in [0.717, 1.165) is 19.6 Å². The highest BCUT2D eigenvalue weighted by atomic mass is 16.4. The Morgan fingerprint density at radius 1 is 1.53 bits per heavy atom. The van der Waals surface area contributed by atoms with Gasteiger partial charge in [0.1, 0.15) is 0 Å². The Morgan fingerprint density at radius 3 is 3.00 bits per heavy atom. The molecule has 1 aromatic heterocycles. The van der Waals surface area contributed by atoms with Gasteiger partial charge in [0, 0.05) is 45.1 Å². The summed E-state index contributed by atoms with van der Waals surface area (Å²) in [7, 11) is 0. The predicted octanol–water partition coefficient (Wildman–Crippen LogP) is 0.188. The van der Waals surface area contributed by atoms with Gasteiger partial charge in [-0.15, -0.1) is 0 Å². The molecule has 5 nitrogen and oxygen atoms in total. The standard InChI is InChI=1S/C12H17N3O2/c16-12(17)11-7-14-5-6-15(9-11)8-10-1-3-13-4-2-10/h1-4,11,14H,5-9H2,(H,16,17). The number of carboxylic acid groups (broad SMARTS) is 1. The molecule has 92 valence electrons. The van der Waals surface area contributed by atoms with Crippen molar-refractivity contribution in [3.8, 4) is 0 Å². The first-order valence-electron chi connectivity index (χ1n) is 5.80. The highest BCUT2D eigenvalue weighted by Crippen LogP contribution is 2.08. The normalized spacial score (nSPS) is 22.0. The second-order valence-electron chi connectivity index (χ2n) is 4.33. The van der Waals surface area contributed by atoms with Crippen molar-refractivity contribution < 1.29 is 9.90 Å². The van der Waals surface area contributed by atoms with Crippen LogP contribution in [0.4, 0.5) is 0 Å². The van der Waals surface area contributed by atoms with Gasteiger partial charge in [0.15, 0.2) is 0 Å². The summed E-state index contributed by atoms with van der Waals surface area (Å²) >= 11 is 0. The molecule has 1 aliphatic heterocycles. The maximum atomic E-state index is 11.0. The minimum atomic E-state index is -0.723. The Bertz CT molecular complexity index is 369. The molecule has 2 rings (SSSR count). The van der Waals surface area contributed by atoms with Gasteiger partial charge in [0.2, 0.25) is 0 Å². The summed E-state index contributed by atoms with van der Waals surface area (Å²) in [5.41, 5.74) is 1.17. The van der Waals surface area contributed by atoms with Crippen LogP contribution in [0.5, 0.6) is 0 Å². The Labute approximate surface area is 100 Å². The monoisotopic (exact) mass is 235 g/mol. The maximum absolute atomic E-state index is 11.0. The second-order valence-corrected chi connectivity index (χ2v) is 4.33. The molecule has 0 saturated carbocycles. The molecule has 1 unspecified atom stereocenters. The zero-order valence-electron chi connectivity index (χ0n) is 9.67. The van der Waals surface area contributed by atoms with Gasteiger partial charge in [-0.2, -0.15) is 0 Å². The second kappa shape index (κ2) is 5.75. The Balaban J connectivity index is 1.97. The fourth-order valence-electron chi connectivity index (χ4n) is 2.04. The molecule has 1 aliphatic rings. The smallest absolute Gasteiger partial charge is 0.309 e. The lowest BCUT2D eigenvalue weighted by atomic mass is 10.1. The topological polar surface area (TPSA) is 65.5 Å². The van der Waals surface area contributed by atoms with Gasteiger partial charge in [-0.1, -0.05) is 0 Å². The lowest BCUT2D eigenvalue weighted by Gasteiger charge is -2.21. The molecule has 2 N–H and O–H groups in total. The van der Waals surface area contributed by atoms with E-state index >= 15 is 0 Å². The largest absolute Gasteiger partial charge is 0.481 e. The van der Waals surface area contributed by atoms with Crippen molar-refractivity contribution in [1.82, 2.24) is 15.2 Å². The quantitative estimate of drug-likeness (QED) is 0.783. The summed E-state index contributed by atoms with van der Waals surface area (Å²) in [6, 6.07) is 3.93. The van der Waals surface area contributed by atoms with Crippen LogP contribution >= 0.6 is 0 Å². The SMILES string of the molecule is O=C(O)C1CNCCN(Cc2ccncc2)C1. The third-order valence-electron chi connectivity index (χ3n) is 2.98. The highest BCUT2D eigenvalue weighted by Gasteiger charge is 2.23. The van der Waals surface area contributed by atoms with Crippen LogP contribution in [0.3, 0.4) is 0 Å². The van der Waals surface area contributed by atoms with E-state index in [4.69, 9.17) is 5.11 Å². The van der Waals surface area contributed by atoms with Gasteiger partial charge in [0.25, 0.3) is 0 Å². The molecule has 1 fully saturated rings. The van der Waals surface area contributed by atoms with E-state index in [1.165, 1.54) is 5.56 Å². The molecular formula is C12H17N3O2. The maximum Gasteiger partial charge on any atom is 0.309 e. The molecule has 1 aromatic rings. The fourth-order valence-corrected chi connectivity index (χ4v) is 2.04. The van der Waals surface area contributed by atoms with E-state index in [9.17, 15) is 4.79 Å². The number of carboxylic acids is 1. The number of nitrogens with zero attached hydrogens (tertiary/aromatic N) is 2. The van der Waals surface area contributed by atoms with Crippen LogP contribution in [0.2, 0.25) is 0 Å². The Hall–Kier alpha value is -1.46. The number of aromatic nitrogens is 1. The van der Waals surface area contributed by atoms with Crippen LogP contribution in [-0.2, 0) is 11.3 Å². The molecule has 0 aliphatic carbocycles. The van der Waals surface area contributed by atoms with Crippen LogP contribution < -0.4 is 5.32 Å². The summed E-state index contributed by atoms with van der Waals surface area (Å²) in [6.07, 6.45) is 3.53. The number of rotatable bonds is 3. The van der Waals surface area contributed by atoms with E-state index in [1.807, 2.05) is 12.1 Å². The van der Waals surface area contributed by atoms with E-state index < -0.39 is 5.97 Å². The summed E-state index contributed by atoms with van der Waals surface area (Å²) < 4.78 is 0. The molecule has 1 saturated heterocycles. The van der Waals surface area contributed by atoms with Crippen LogP contribution in [0.15, 0.2) is 24.5 Å². The Morgan fingerprint density at radius 2 is 2.29 bits per heavy atom. The molecule has 5 heteroatoms. The van der Waals surface area contributed by atoms with Gasteiger partial charge in [0.05, 0.1) is 5.92 Å². The van der Waals surface area contributed by atoms with Gasteiger partial charge in [-0.3, -0.25) is 14.7 Å².